The summed E-state index contributed by atoms with van der Waals surface area (Å²) in [5, 5.41) is 18.4. The third kappa shape index (κ3) is 12.4. The van der Waals surface area contributed by atoms with Crippen LogP contribution in [-0.2, 0) is 13.1 Å². The minimum Gasteiger partial charge on any atom is -0.396 e. The van der Waals surface area contributed by atoms with Gasteiger partial charge in [0.2, 0.25) is 0 Å². The molecule has 4 heteroatoms. The molecule has 0 aliphatic carbocycles. The van der Waals surface area contributed by atoms with E-state index in [4.69, 9.17) is 0 Å². The zero-order valence-corrected chi connectivity index (χ0v) is 19.9. The topological polar surface area (TPSA) is 46.9 Å². The summed E-state index contributed by atoms with van der Waals surface area (Å²) < 4.78 is 0. The van der Waals surface area contributed by atoms with E-state index in [2.05, 4.69) is 70.5 Å². The van der Waals surface area contributed by atoms with Gasteiger partial charge in [-0.15, -0.1) is 0 Å². The SMILES string of the molecule is OCCCN(CCCCCCCCN(CCCO)Cc1ccccc1)Cc1ccccc1. The zero-order valence-electron chi connectivity index (χ0n) is 19.9. The Kier molecular flexibility index (Phi) is 14.8. The van der Waals surface area contributed by atoms with Crippen molar-refractivity contribution in [3.8, 4) is 0 Å². The van der Waals surface area contributed by atoms with Crippen LogP contribution in [-0.4, -0.2) is 59.4 Å². The number of hydrogen-bond acceptors (Lipinski definition) is 4. The number of aliphatic hydroxyl groups excluding tert-OH is 2. The third-order valence-corrected chi connectivity index (χ3v) is 5.96. The molecule has 0 aromatic heterocycles. The number of aliphatic hydroxyl groups is 2. The maximum absolute atomic E-state index is 9.20. The maximum atomic E-state index is 9.20. The van der Waals surface area contributed by atoms with Gasteiger partial charge in [0.25, 0.3) is 0 Å². The summed E-state index contributed by atoms with van der Waals surface area (Å²) in [7, 11) is 0. The van der Waals surface area contributed by atoms with Crippen molar-refractivity contribution < 1.29 is 10.2 Å². The summed E-state index contributed by atoms with van der Waals surface area (Å²) in [4.78, 5) is 4.96. The van der Waals surface area contributed by atoms with E-state index >= 15 is 0 Å². The molecule has 0 unspecified atom stereocenters. The van der Waals surface area contributed by atoms with Gasteiger partial charge in [0.15, 0.2) is 0 Å². The first-order valence-corrected chi connectivity index (χ1v) is 12.6. The van der Waals surface area contributed by atoms with Crippen molar-refractivity contribution in [2.24, 2.45) is 0 Å². The second-order valence-electron chi connectivity index (χ2n) is 8.80. The molecule has 4 nitrogen and oxygen atoms in total. The standard InChI is InChI=1S/C28H44N2O2/c31-23-13-21-29(25-27-15-7-5-8-16-27)19-11-3-1-2-4-12-20-30(22-14-24-32)26-28-17-9-6-10-18-28/h5-10,15-18,31-32H,1-4,11-14,19-26H2. The van der Waals surface area contributed by atoms with E-state index in [0.717, 1.165) is 52.1 Å². The quantitative estimate of drug-likeness (QED) is 0.299. The second kappa shape index (κ2) is 17.8. The predicted octanol–water partition coefficient (Wildman–Crippen LogP) is 5.10. The van der Waals surface area contributed by atoms with Crippen LogP contribution in [0.1, 0.15) is 62.5 Å². The van der Waals surface area contributed by atoms with Gasteiger partial charge in [-0.25, -0.2) is 0 Å². The van der Waals surface area contributed by atoms with Gasteiger partial charge in [-0.3, -0.25) is 9.80 Å². The van der Waals surface area contributed by atoms with Gasteiger partial charge in [0.05, 0.1) is 0 Å². The van der Waals surface area contributed by atoms with Crippen molar-refractivity contribution in [2.45, 2.75) is 64.5 Å². The molecule has 178 valence electrons. The summed E-state index contributed by atoms with van der Waals surface area (Å²) in [6.07, 6.45) is 9.32. The maximum Gasteiger partial charge on any atom is 0.0443 e. The fourth-order valence-corrected chi connectivity index (χ4v) is 4.19. The fourth-order valence-electron chi connectivity index (χ4n) is 4.19. The summed E-state index contributed by atoms with van der Waals surface area (Å²) in [5.74, 6) is 0. The molecule has 0 aliphatic rings. The first-order valence-electron chi connectivity index (χ1n) is 12.6. The summed E-state index contributed by atoms with van der Waals surface area (Å²) >= 11 is 0. The summed E-state index contributed by atoms with van der Waals surface area (Å²) in [5.41, 5.74) is 2.71. The Labute approximate surface area is 195 Å². The van der Waals surface area contributed by atoms with E-state index in [1.165, 1.54) is 49.7 Å². The molecule has 0 saturated carbocycles. The highest BCUT2D eigenvalue weighted by molar-refractivity contribution is 5.15. The molecular formula is C28H44N2O2. The van der Waals surface area contributed by atoms with Crippen molar-refractivity contribution in [1.29, 1.82) is 0 Å². The van der Waals surface area contributed by atoms with E-state index in [1.807, 2.05) is 0 Å². The van der Waals surface area contributed by atoms with Crippen LogP contribution in [0.15, 0.2) is 60.7 Å². The Hall–Kier alpha value is -1.72. The molecule has 2 rings (SSSR count). The molecule has 0 aliphatic heterocycles. The van der Waals surface area contributed by atoms with Gasteiger partial charge in [-0.05, 0) is 49.9 Å². The van der Waals surface area contributed by atoms with Gasteiger partial charge in [0, 0.05) is 39.4 Å². The van der Waals surface area contributed by atoms with Gasteiger partial charge in [-0.1, -0.05) is 86.3 Å². The first-order chi connectivity index (χ1) is 15.8. The van der Waals surface area contributed by atoms with Crippen molar-refractivity contribution in [1.82, 2.24) is 9.80 Å². The van der Waals surface area contributed by atoms with Crippen LogP contribution in [0.4, 0.5) is 0 Å². The highest BCUT2D eigenvalue weighted by Crippen LogP contribution is 2.12. The average molecular weight is 441 g/mol. The lowest BCUT2D eigenvalue weighted by Crippen LogP contribution is -2.26. The molecule has 0 heterocycles. The van der Waals surface area contributed by atoms with Crippen molar-refractivity contribution in [2.75, 3.05) is 39.4 Å². The molecule has 0 bridgehead atoms. The molecule has 0 fully saturated rings. The monoisotopic (exact) mass is 440 g/mol. The lowest BCUT2D eigenvalue weighted by atomic mass is 10.1. The highest BCUT2D eigenvalue weighted by Gasteiger charge is 2.07. The molecule has 0 amide bonds. The lowest BCUT2D eigenvalue weighted by molar-refractivity contribution is 0.213. The van der Waals surface area contributed by atoms with E-state index in [9.17, 15) is 10.2 Å². The Balaban J connectivity index is 1.58. The Bertz CT molecular complexity index is 606. The smallest absolute Gasteiger partial charge is 0.0443 e. The Morgan fingerprint density at radius 1 is 0.438 bits per heavy atom. The van der Waals surface area contributed by atoms with Crippen molar-refractivity contribution >= 4 is 0 Å². The number of rotatable bonds is 19. The van der Waals surface area contributed by atoms with Crippen LogP contribution in [0.3, 0.4) is 0 Å². The third-order valence-electron chi connectivity index (χ3n) is 5.96. The van der Waals surface area contributed by atoms with Crippen molar-refractivity contribution in [3.05, 3.63) is 71.8 Å². The van der Waals surface area contributed by atoms with Crippen LogP contribution in [0.25, 0.3) is 0 Å². The van der Waals surface area contributed by atoms with Gasteiger partial charge >= 0.3 is 0 Å². The molecule has 0 spiro atoms. The van der Waals surface area contributed by atoms with Crippen LogP contribution in [0, 0.1) is 0 Å². The normalized spacial score (nSPS) is 11.5. The highest BCUT2D eigenvalue weighted by atomic mass is 16.3. The number of hydrogen-bond donors (Lipinski definition) is 2. The molecule has 0 atom stereocenters. The van der Waals surface area contributed by atoms with E-state index in [0.29, 0.717) is 0 Å². The lowest BCUT2D eigenvalue weighted by Gasteiger charge is -2.22. The zero-order chi connectivity index (χ0) is 22.7. The van der Waals surface area contributed by atoms with E-state index in [-0.39, 0.29) is 13.2 Å². The number of nitrogens with zero attached hydrogens (tertiary/aromatic N) is 2. The van der Waals surface area contributed by atoms with Crippen LogP contribution >= 0.6 is 0 Å². The Morgan fingerprint density at radius 2 is 0.781 bits per heavy atom. The minimum absolute atomic E-state index is 0.269. The first kappa shape index (κ1) is 26.5. The van der Waals surface area contributed by atoms with Crippen molar-refractivity contribution in [3.63, 3.8) is 0 Å². The minimum atomic E-state index is 0.269. The van der Waals surface area contributed by atoms with Gasteiger partial charge in [-0.2, -0.15) is 0 Å². The molecule has 2 aromatic rings. The molecule has 32 heavy (non-hydrogen) atoms. The molecule has 2 aromatic carbocycles. The fraction of sp³-hybridized carbons (Fsp3) is 0.571. The van der Waals surface area contributed by atoms with Gasteiger partial charge < -0.3 is 10.2 Å². The largest absolute Gasteiger partial charge is 0.396 e. The van der Waals surface area contributed by atoms with Crippen LogP contribution in [0.5, 0.6) is 0 Å². The van der Waals surface area contributed by atoms with E-state index in [1.54, 1.807) is 0 Å². The molecule has 0 radical (unpaired) electrons. The summed E-state index contributed by atoms with van der Waals surface area (Å²) in [6.45, 7) is 6.66. The molecule has 0 saturated heterocycles. The molecule has 2 N–H and O–H groups in total. The van der Waals surface area contributed by atoms with E-state index < -0.39 is 0 Å². The predicted molar refractivity (Wildman–Crippen MR) is 135 cm³/mol. The van der Waals surface area contributed by atoms with Gasteiger partial charge in [0.1, 0.15) is 0 Å². The number of unbranched alkanes of at least 4 members (excludes halogenated alkanes) is 5. The molecular weight excluding hydrogens is 396 g/mol. The van der Waals surface area contributed by atoms with Crippen LogP contribution < -0.4 is 0 Å². The Morgan fingerprint density at radius 3 is 1.16 bits per heavy atom. The second-order valence-corrected chi connectivity index (χ2v) is 8.80. The summed E-state index contributed by atoms with van der Waals surface area (Å²) in [6, 6.07) is 21.3. The van der Waals surface area contributed by atoms with Crippen LogP contribution in [0.2, 0.25) is 0 Å². The average Bonchev–Trinajstić information content (AvgIpc) is 2.83. The number of benzene rings is 2.